The van der Waals surface area contributed by atoms with Gasteiger partial charge >= 0.3 is 0 Å². The lowest BCUT2D eigenvalue weighted by atomic mass is 10.2. The minimum Gasteiger partial charge on any atom is -0.463 e. The third-order valence-electron chi connectivity index (χ3n) is 1.95. The molecule has 0 aliphatic heterocycles. The smallest absolute Gasteiger partial charge is 0.144 e. The van der Waals surface area contributed by atoms with E-state index >= 15 is 0 Å². The number of nitrogens with zero attached hydrogens (tertiary/aromatic N) is 2. The van der Waals surface area contributed by atoms with E-state index in [9.17, 15) is 0 Å². The molecule has 0 N–H and O–H groups in total. The summed E-state index contributed by atoms with van der Waals surface area (Å²) in [6.07, 6.45) is 4.24. The molecule has 0 amide bonds. The molecule has 1 heterocycles. The number of furan rings is 1. The van der Waals surface area contributed by atoms with E-state index in [1.165, 1.54) is 0 Å². The molecule has 0 aliphatic carbocycles. The second-order valence-electron chi connectivity index (χ2n) is 2.96. The topological polar surface area (TPSA) is 47.8 Å². The predicted octanol–water partition coefficient (Wildman–Crippen LogP) is 2.25. The van der Waals surface area contributed by atoms with Crippen molar-refractivity contribution in [2.45, 2.75) is 0 Å². The first-order chi connectivity index (χ1) is 7.40. The highest BCUT2D eigenvalue weighted by atomic mass is 16.3. The highest BCUT2D eigenvalue weighted by molar-refractivity contribution is 5.88. The van der Waals surface area contributed by atoms with Gasteiger partial charge < -0.3 is 4.42 Å². The van der Waals surface area contributed by atoms with E-state index in [1.807, 2.05) is 24.3 Å². The maximum atomic E-state index is 8.95. The summed E-state index contributed by atoms with van der Waals surface area (Å²) >= 11 is 0. The van der Waals surface area contributed by atoms with Crippen molar-refractivity contribution in [1.82, 2.24) is 5.41 Å². The Morgan fingerprint density at radius 1 is 1.13 bits per heavy atom. The fourth-order valence-electron chi connectivity index (χ4n) is 1.21. The molecule has 0 spiro atoms. The van der Waals surface area contributed by atoms with Gasteiger partial charge in [-0.1, -0.05) is 18.2 Å². The number of para-hydroxylation sites is 1. The Hall–Kier alpha value is -2.16. The highest BCUT2D eigenvalue weighted by Crippen LogP contribution is 2.16. The monoisotopic (exact) mass is 197 g/mol. The van der Waals surface area contributed by atoms with Gasteiger partial charge in [0.15, 0.2) is 0 Å². The van der Waals surface area contributed by atoms with Crippen LogP contribution in [0.4, 0.5) is 5.69 Å². The second-order valence-corrected chi connectivity index (χ2v) is 2.96. The Morgan fingerprint density at radius 2 is 2.00 bits per heavy atom. The molecule has 0 saturated carbocycles. The summed E-state index contributed by atoms with van der Waals surface area (Å²) in [5.74, 6) is 0.683. The minimum absolute atomic E-state index is 0.681. The molecule has 0 unspecified atom stereocenters. The van der Waals surface area contributed by atoms with Crippen LogP contribution in [0.3, 0.4) is 0 Å². The number of hydrogen-bond donors (Lipinski definition) is 0. The summed E-state index contributed by atoms with van der Waals surface area (Å²) in [6.45, 7) is 0. The number of hydrogen-bond acceptors (Lipinski definition) is 2. The number of aliphatic imine (C=N–C) groups is 1. The van der Waals surface area contributed by atoms with E-state index in [0.717, 1.165) is 6.21 Å². The Bertz CT molecular complexity index is 472. The Morgan fingerprint density at radius 3 is 2.73 bits per heavy atom. The summed E-state index contributed by atoms with van der Waals surface area (Å²) < 4.78 is 5.11. The summed E-state index contributed by atoms with van der Waals surface area (Å²) in [5, 5.41) is 8.95. The molecule has 15 heavy (non-hydrogen) atoms. The van der Waals surface area contributed by atoms with E-state index in [1.54, 1.807) is 24.6 Å². The number of benzene rings is 1. The minimum atomic E-state index is 0.681. The standard InChI is InChI=1S/C12H9N2O/c13-8-10-4-1-2-6-12(10)14-9-11-5-3-7-15-11/h1-9H. The Kier molecular flexibility index (Phi) is 2.74. The maximum absolute atomic E-state index is 8.95. The first-order valence-electron chi connectivity index (χ1n) is 4.54. The summed E-state index contributed by atoms with van der Waals surface area (Å²) in [6, 6.07) is 10.9. The van der Waals surface area contributed by atoms with Crippen LogP contribution in [-0.2, 0) is 0 Å². The van der Waals surface area contributed by atoms with E-state index in [2.05, 4.69) is 4.99 Å². The molecule has 0 bridgehead atoms. The first-order valence-corrected chi connectivity index (χ1v) is 4.54. The van der Waals surface area contributed by atoms with E-state index in [-0.39, 0.29) is 0 Å². The lowest BCUT2D eigenvalue weighted by molar-refractivity contribution is 0.560. The third-order valence-corrected chi connectivity index (χ3v) is 1.95. The van der Waals surface area contributed by atoms with Gasteiger partial charge in [0.05, 0.1) is 24.4 Å². The van der Waals surface area contributed by atoms with Crippen molar-refractivity contribution in [3.05, 3.63) is 54.0 Å². The molecule has 0 fully saturated rings. The molecule has 2 rings (SSSR count). The normalized spacial score (nSPS) is 10.7. The molecule has 2 aromatic rings. The van der Waals surface area contributed by atoms with Crippen molar-refractivity contribution >= 4 is 18.1 Å². The van der Waals surface area contributed by atoms with Crippen molar-refractivity contribution in [2.75, 3.05) is 0 Å². The molecule has 73 valence electrons. The molecule has 0 saturated heterocycles. The SMILES string of the molecule is [N]=Cc1ccccc1N=Cc1ccco1. The van der Waals surface area contributed by atoms with E-state index in [4.69, 9.17) is 9.83 Å². The largest absolute Gasteiger partial charge is 0.463 e. The van der Waals surface area contributed by atoms with Crippen LogP contribution in [0.1, 0.15) is 11.3 Å². The quantitative estimate of drug-likeness (QED) is 0.696. The van der Waals surface area contributed by atoms with Gasteiger partial charge in [0.2, 0.25) is 0 Å². The third kappa shape index (κ3) is 2.20. The van der Waals surface area contributed by atoms with Gasteiger partial charge in [0.1, 0.15) is 5.76 Å². The fourth-order valence-corrected chi connectivity index (χ4v) is 1.21. The Labute approximate surface area is 87.6 Å². The second kappa shape index (κ2) is 4.37. The lowest BCUT2D eigenvalue weighted by Crippen LogP contribution is -1.82. The van der Waals surface area contributed by atoms with Gasteiger partial charge in [-0.05, 0) is 18.2 Å². The Balaban J connectivity index is 2.27. The predicted molar refractivity (Wildman–Crippen MR) is 59.7 cm³/mol. The van der Waals surface area contributed by atoms with Gasteiger partial charge in [-0.15, -0.1) is 0 Å². The van der Waals surface area contributed by atoms with Crippen LogP contribution >= 0.6 is 0 Å². The summed E-state index contributed by atoms with van der Waals surface area (Å²) in [7, 11) is 0. The van der Waals surface area contributed by atoms with Crippen molar-refractivity contribution in [3.63, 3.8) is 0 Å². The molecular weight excluding hydrogens is 188 g/mol. The molecular formula is C12H9N2O. The van der Waals surface area contributed by atoms with Crippen LogP contribution in [0.5, 0.6) is 0 Å². The highest BCUT2D eigenvalue weighted by Gasteiger charge is 1.96. The van der Waals surface area contributed by atoms with Gasteiger partial charge in [-0.3, -0.25) is 4.99 Å². The van der Waals surface area contributed by atoms with Crippen molar-refractivity contribution in [3.8, 4) is 0 Å². The van der Waals surface area contributed by atoms with Gasteiger partial charge in [0.25, 0.3) is 0 Å². The van der Waals surface area contributed by atoms with E-state index < -0.39 is 0 Å². The van der Waals surface area contributed by atoms with Crippen molar-refractivity contribution in [2.24, 2.45) is 4.99 Å². The lowest BCUT2D eigenvalue weighted by Gasteiger charge is -1.96. The molecule has 1 aromatic carbocycles. The summed E-state index contributed by atoms with van der Waals surface area (Å²) in [4.78, 5) is 4.21. The van der Waals surface area contributed by atoms with E-state index in [0.29, 0.717) is 17.0 Å². The van der Waals surface area contributed by atoms with Gasteiger partial charge in [-0.2, -0.15) is 5.41 Å². The molecule has 1 radical (unpaired) electrons. The summed E-state index contributed by atoms with van der Waals surface area (Å²) in [5.41, 5.74) is 1.39. The molecule has 0 atom stereocenters. The molecule has 0 aliphatic rings. The zero-order chi connectivity index (χ0) is 10.5. The van der Waals surface area contributed by atoms with Crippen LogP contribution in [0.25, 0.3) is 0 Å². The zero-order valence-electron chi connectivity index (χ0n) is 8.00. The van der Waals surface area contributed by atoms with Gasteiger partial charge in [0, 0.05) is 5.56 Å². The zero-order valence-corrected chi connectivity index (χ0v) is 8.00. The fraction of sp³-hybridized carbons (Fsp3) is 0. The maximum Gasteiger partial charge on any atom is 0.144 e. The first kappa shape index (κ1) is 9.40. The average molecular weight is 197 g/mol. The van der Waals surface area contributed by atoms with Crippen LogP contribution in [0.15, 0.2) is 52.1 Å². The van der Waals surface area contributed by atoms with Gasteiger partial charge in [-0.25, -0.2) is 0 Å². The van der Waals surface area contributed by atoms with Crippen LogP contribution in [0, 0.1) is 0 Å². The average Bonchev–Trinajstić information content (AvgIpc) is 2.79. The van der Waals surface area contributed by atoms with Crippen LogP contribution in [-0.4, -0.2) is 12.4 Å². The molecule has 3 nitrogen and oxygen atoms in total. The van der Waals surface area contributed by atoms with Crippen LogP contribution < -0.4 is 5.41 Å². The van der Waals surface area contributed by atoms with Crippen molar-refractivity contribution in [1.29, 1.82) is 0 Å². The van der Waals surface area contributed by atoms with Crippen LogP contribution in [0.2, 0.25) is 0 Å². The number of rotatable bonds is 3. The van der Waals surface area contributed by atoms with Crippen molar-refractivity contribution < 1.29 is 4.42 Å². The molecule has 1 aromatic heterocycles. The molecule has 3 heteroatoms.